The fourth-order valence-electron chi connectivity index (χ4n) is 2.84. The predicted molar refractivity (Wildman–Crippen MR) is 81.6 cm³/mol. The molecule has 0 spiro atoms. The summed E-state index contributed by atoms with van der Waals surface area (Å²) in [4.78, 5) is 21.9. The zero-order chi connectivity index (χ0) is 15.7. The molecular formula is C15H19N5O2. The third kappa shape index (κ3) is 2.80. The lowest BCUT2D eigenvalue weighted by atomic mass is 10.0. The van der Waals surface area contributed by atoms with Gasteiger partial charge in [0.2, 0.25) is 5.91 Å². The van der Waals surface area contributed by atoms with Gasteiger partial charge in [0.25, 0.3) is 0 Å². The van der Waals surface area contributed by atoms with Crippen LogP contribution in [0.1, 0.15) is 12.2 Å². The fourth-order valence-corrected chi connectivity index (χ4v) is 2.84. The number of hydrogen-bond acceptors (Lipinski definition) is 5. The minimum atomic E-state index is -0.562. The first-order chi connectivity index (χ1) is 10.5. The summed E-state index contributed by atoms with van der Waals surface area (Å²) in [5, 5.41) is 10.1. The van der Waals surface area contributed by atoms with Gasteiger partial charge in [-0.25, -0.2) is 9.97 Å². The highest BCUT2D eigenvalue weighted by atomic mass is 16.3. The number of nitrogens with zero attached hydrogens (tertiary/aromatic N) is 4. The predicted octanol–water partition coefficient (Wildman–Crippen LogP) is 0.248. The second-order valence-corrected chi connectivity index (χ2v) is 5.60. The van der Waals surface area contributed by atoms with Gasteiger partial charge < -0.3 is 15.7 Å². The van der Waals surface area contributed by atoms with Crippen LogP contribution in [0.3, 0.4) is 0 Å². The van der Waals surface area contributed by atoms with E-state index >= 15 is 0 Å². The van der Waals surface area contributed by atoms with Crippen molar-refractivity contribution in [1.29, 1.82) is 0 Å². The summed E-state index contributed by atoms with van der Waals surface area (Å²) in [6, 6.07) is 5.73. The van der Waals surface area contributed by atoms with Crippen LogP contribution in [0.4, 0.5) is 5.82 Å². The maximum Gasteiger partial charge on any atom is 0.217 e. The molecule has 2 aromatic heterocycles. The Morgan fingerprint density at radius 2 is 2.18 bits per heavy atom. The monoisotopic (exact) mass is 301 g/mol. The van der Waals surface area contributed by atoms with Gasteiger partial charge in [0, 0.05) is 37.8 Å². The average Bonchev–Trinajstić information content (AvgIpc) is 3.05. The Kier molecular flexibility index (Phi) is 3.81. The van der Waals surface area contributed by atoms with Gasteiger partial charge in [0.15, 0.2) is 0 Å². The first kappa shape index (κ1) is 14.5. The van der Waals surface area contributed by atoms with Crippen molar-refractivity contribution in [1.82, 2.24) is 14.5 Å². The van der Waals surface area contributed by atoms with E-state index in [2.05, 4.69) is 9.97 Å². The third-order valence-electron chi connectivity index (χ3n) is 3.99. The molecule has 2 atom stereocenters. The Balaban J connectivity index is 1.82. The van der Waals surface area contributed by atoms with E-state index in [1.165, 1.54) is 0 Å². The highest BCUT2D eigenvalue weighted by Gasteiger charge is 2.33. The van der Waals surface area contributed by atoms with Crippen LogP contribution in [0.25, 0.3) is 5.82 Å². The summed E-state index contributed by atoms with van der Waals surface area (Å²) in [6.45, 7) is 2.94. The third-order valence-corrected chi connectivity index (χ3v) is 3.99. The van der Waals surface area contributed by atoms with E-state index in [0.717, 1.165) is 17.5 Å². The molecule has 0 saturated carbocycles. The van der Waals surface area contributed by atoms with Crippen LogP contribution in [0.15, 0.2) is 30.6 Å². The van der Waals surface area contributed by atoms with Gasteiger partial charge >= 0.3 is 0 Å². The molecule has 3 heterocycles. The second kappa shape index (κ2) is 5.76. The Morgan fingerprint density at radius 3 is 2.86 bits per heavy atom. The number of aliphatic hydroxyl groups is 1. The minimum Gasteiger partial charge on any atom is -0.391 e. The highest BCUT2D eigenvalue weighted by molar-refractivity contribution is 5.74. The standard InChI is InChI=1S/C15H19N5O2/c1-10-17-5-6-20(10)15-4-2-3-14(18-15)19-8-11(7-13(16)22)12(21)9-19/h2-6,11-12,21H,7-9H2,1H3,(H2,16,22)/t11-,12-/m1/s1. The molecule has 1 amide bonds. The Hall–Kier alpha value is -2.41. The first-order valence-electron chi connectivity index (χ1n) is 7.23. The Bertz CT molecular complexity index is 684. The number of imidazole rings is 1. The molecule has 7 nitrogen and oxygen atoms in total. The van der Waals surface area contributed by atoms with Crippen LogP contribution >= 0.6 is 0 Å². The van der Waals surface area contributed by atoms with Crippen molar-refractivity contribution >= 4 is 11.7 Å². The summed E-state index contributed by atoms with van der Waals surface area (Å²) in [6.07, 6.45) is 3.22. The molecule has 0 aliphatic carbocycles. The molecule has 3 rings (SSSR count). The zero-order valence-corrected chi connectivity index (χ0v) is 12.4. The van der Waals surface area contributed by atoms with Gasteiger partial charge in [0.1, 0.15) is 17.5 Å². The SMILES string of the molecule is Cc1nccn1-c1cccc(N2C[C@@H](CC(N)=O)[C@H](O)C2)n1. The van der Waals surface area contributed by atoms with E-state index in [4.69, 9.17) is 5.73 Å². The van der Waals surface area contributed by atoms with Crippen LogP contribution in [-0.2, 0) is 4.79 Å². The number of carbonyl (C=O) groups excluding carboxylic acids is 1. The number of primary amides is 1. The van der Waals surface area contributed by atoms with Gasteiger partial charge in [0.05, 0.1) is 6.10 Å². The largest absolute Gasteiger partial charge is 0.391 e. The fraction of sp³-hybridized carbons (Fsp3) is 0.400. The quantitative estimate of drug-likeness (QED) is 0.843. The van der Waals surface area contributed by atoms with Crippen molar-refractivity contribution in [3.8, 4) is 5.82 Å². The Labute approximate surface area is 128 Å². The Morgan fingerprint density at radius 1 is 1.41 bits per heavy atom. The van der Waals surface area contributed by atoms with Crippen molar-refractivity contribution in [2.75, 3.05) is 18.0 Å². The zero-order valence-electron chi connectivity index (χ0n) is 12.4. The summed E-state index contributed by atoms with van der Waals surface area (Å²) in [5.41, 5.74) is 5.23. The maximum atomic E-state index is 11.1. The lowest BCUT2D eigenvalue weighted by Crippen LogP contribution is -2.24. The molecule has 0 unspecified atom stereocenters. The number of rotatable bonds is 4. The molecule has 2 aromatic rings. The molecule has 22 heavy (non-hydrogen) atoms. The van der Waals surface area contributed by atoms with Gasteiger partial charge in [-0.15, -0.1) is 0 Å². The van der Waals surface area contributed by atoms with E-state index in [1.807, 2.05) is 40.8 Å². The molecule has 0 radical (unpaired) electrons. The van der Waals surface area contributed by atoms with E-state index in [-0.39, 0.29) is 18.2 Å². The summed E-state index contributed by atoms with van der Waals surface area (Å²) < 4.78 is 1.90. The van der Waals surface area contributed by atoms with Gasteiger partial charge in [-0.05, 0) is 19.1 Å². The number of hydrogen-bond donors (Lipinski definition) is 2. The van der Waals surface area contributed by atoms with Crippen LogP contribution < -0.4 is 10.6 Å². The number of anilines is 1. The first-order valence-corrected chi connectivity index (χ1v) is 7.23. The normalized spacial score (nSPS) is 21.3. The van der Waals surface area contributed by atoms with E-state index in [0.29, 0.717) is 13.1 Å². The number of aryl methyl sites for hydroxylation is 1. The van der Waals surface area contributed by atoms with Crippen LogP contribution in [-0.4, -0.2) is 44.7 Å². The summed E-state index contributed by atoms with van der Waals surface area (Å²) in [7, 11) is 0. The molecule has 0 bridgehead atoms. The number of aliphatic hydroxyl groups excluding tert-OH is 1. The molecule has 3 N–H and O–H groups in total. The number of nitrogens with two attached hydrogens (primary N) is 1. The number of carbonyl (C=O) groups is 1. The maximum absolute atomic E-state index is 11.1. The van der Waals surface area contributed by atoms with Gasteiger partial charge in [-0.1, -0.05) is 6.07 Å². The van der Waals surface area contributed by atoms with Crippen molar-refractivity contribution < 1.29 is 9.90 Å². The highest BCUT2D eigenvalue weighted by Crippen LogP contribution is 2.25. The minimum absolute atomic E-state index is 0.141. The van der Waals surface area contributed by atoms with Crippen molar-refractivity contribution in [3.63, 3.8) is 0 Å². The number of pyridine rings is 1. The average molecular weight is 301 g/mol. The van der Waals surface area contributed by atoms with Crippen LogP contribution in [0.5, 0.6) is 0 Å². The lowest BCUT2D eigenvalue weighted by molar-refractivity contribution is -0.119. The van der Waals surface area contributed by atoms with E-state index in [1.54, 1.807) is 6.20 Å². The number of aromatic nitrogens is 3. The van der Waals surface area contributed by atoms with Crippen molar-refractivity contribution in [3.05, 3.63) is 36.4 Å². The van der Waals surface area contributed by atoms with E-state index in [9.17, 15) is 9.90 Å². The summed E-state index contributed by atoms with van der Waals surface area (Å²) in [5.74, 6) is 1.88. The number of amides is 1. The molecule has 1 aliphatic rings. The van der Waals surface area contributed by atoms with Gasteiger partial charge in [-0.3, -0.25) is 9.36 Å². The molecule has 1 fully saturated rings. The van der Waals surface area contributed by atoms with E-state index < -0.39 is 6.10 Å². The summed E-state index contributed by atoms with van der Waals surface area (Å²) >= 11 is 0. The molecule has 116 valence electrons. The molecule has 1 saturated heterocycles. The van der Waals surface area contributed by atoms with Crippen LogP contribution in [0.2, 0.25) is 0 Å². The molecular weight excluding hydrogens is 282 g/mol. The van der Waals surface area contributed by atoms with Gasteiger partial charge in [-0.2, -0.15) is 0 Å². The van der Waals surface area contributed by atoms with Crippen molar-refractivity contribution in [2.24, 2.45) is 11.7 Å². The smallest absolute Gasteiger partial charge is 0.217 e. The molecule has 0 aromatic carbocycles. The topological polar surface area (TPSA) is 97.3 Å². The van der Waals surface area contributed by atoms with Crippen molar-refractivity contribution in [2.45, 2.75) is 19.4 Å². The number of β-amino-alcohol motifs (C(OH)–C–C–N with tert-alkyl or cyclic N) is 1. The molecule has 7 heteroatoms. The second-order valence-electron chi connectivity index (χ2n) is 5.60. The lowest BCUT2D eigenvalue weighted by Gasteiger charge is -2.18. The molecule has 1 aliphatic heterocycles. The van der Waals surface area contributed by atoms with Crippen LogP contribution in [0, 0.1) is 12.8 Å².